The summed E-state index contributed by atoms with van der Waals surface area (Å²) in [6.07, 6.45) is 5.66. The molecule has 5 nitrogen and oxygen atoms in total. The fourth-order valence-electron chi connectivity index (χ4n) is 3.71. The van der Waals surface area contributed by atoms with Gasteiger partial charge in [0.2, 0.25) is 10.0 Å². The predicted molar refractivity (Wildman–Crippen MR) is 114 cm³/mol. The quantitative estimate of drug-likeness (QED) is 0.491. The summed E-state index contributed by atoms with van der Waals surface area (Å²) in [6.45, 7) is 1.11. The van der Waals surface area contributed by atoms with Crippen LogP contribution < -0.4 is 0 Å². The van der Waals surface area contributed by atoms with Gasteiger partial charge in [-0.15, -0.1) is 11.8 Å². The highest BCUT2D eigenvalue weighted by molar-refractivity contribution is 7.98. The zero-order valence-electron chi connectivity index (χ0n) is 15.6. The number of nitrogens with one attached hydrogen (secondary N) is 1. The number of nitrogens with zero attached hydrogens (tertiary/aromatic N) is 1. The number of thioether (sulfide) groups is 1. The van der Waals surface area contributed by atoms with Crippen molar-refractivity contribution >= 4 is 39.0 Å². The smallest absolute Gasteiger partial charge is 0.243 e. The number of hydrogen-bond acceptors (Lipinski definition) is 4. The van der Waals surface area contributed by atoms with E-state index in [1.54, 1.807) is 34.3 Å². The summed E-state index contributed by atoms with van der Waals surface area (Å²) in [7, 11) is -3.54. The summed E-state index contributed by atoms with van der Waals surface area (Å²) in [4.78, 5) is 16.5. The minimum absolute atomic E-state index is 0.244. The van der Waals surface area contributed by atoms with Crippen LogP contribution in [0.5, 0.6) is 0 Å². The molecule has 1 aromatic heterocycles. The number of hydrogen-bond donors (Lipinski definition) is 1. The van der Waals surface area contributed by atoms with Crippen LogP contribution in [0.4, 0.5) is 0 Å². The van der Waals surface area contributed by atoms with Crippen LogP contribution >= 0.6 is 11.8 Å². The molecule has 0 radical (unpaired) electrons. The van der Waals surface area contributed by atoms with Crippen LogP contribution in [0.15, 0.2) is 52.3 Å². The van der Waals surface area contributed by atoms with Gasteiger partial charge in [0, 0.05) is 34.5 Å². The summed E-state index contributed by atoms with van der Waals surface area (Å²) >= 11 is 1.65. The van der Waals surface area contributed by atoms with E-state index in [0.29, 0.717) is 29.7 Å². The topological polar surface area (TPSA) is 70.2 Å². The monoisotopic (exact) mass is 414 g/mol. The molecule has 0 spiro atoms. The summed E-state index contributed by atoms with van der Waals surface area (Å²) in [5.74, 6) is 0. The molecule has 0 atom stereocenters. The van der Waals surface area contributed by atoms with Gasteiger partial charge < -0.3 is 4.98 Å². The molecule has 0 bridgehead atoms. The molecule has 2 heterocycles. The first kappa shape index (κ1) is 19.2. The normalized spacial score (nSPS) is 15.8. The third-order valence-electron chi connectivity index (χ3n) is 5.26. The number of aromatic amines is 1. The van der Waals surface area contributed by atoms with Gasteiger partial charge in [-0.2, -0.15) is 4.31 Å². The third kappa shape index (κ3) is 3.38. The highest BCUT2D eigenvalue weighted by Crippen LogP contribution is 2.32. The van der Waals surface area contributed by atoms with E-state index in [1.165, 1.54) is 0 Å². The summed E-state index contributed by atoms with van der Waals surface area (Å²) in [6, 6.07) is 12.9. The number of H-pyrrole nitrogens is 1. The molecule has 2 aromatic carbocycles. The third-order valence-corrected chi connectivity index (χ3v) is 7.90. The Morgan fingerprint density at radius 1 is 1.04 bits per heavy atom. The van der Waals surface area contributed by atoms with E-state index in [9.17, 15) is 13.2 Å². The number of benzene rings is 2. The van der Waals surface area contributed by atoms with E-state index >= 15 is 0 Å². The number of carbonyl (C=O) groups excluding carboxylic acids is 1. The van der Waals surface area contributed by atoms with Crippen LogP contribution in [0, 0.1) is 0 Å². The van der Waals surface area contributed by atoms with Crippen molar-refractivity contribution in [3.63, 3.8) is 0 Å². The molecule has 1 fully saturated rings. The molecular formula is C21H22N2O3S2. The Labute approximate surface area is 169 Å². The maximum absolute atomic E-state index is 13.0. The molecule has 0 unspecified atom stereocenters. The van der Waals surface area contributed by atoms with Gasteiger partial charge in [0.1, 0.15) is 0 Å². The lowest BCUT2D eigenvalue weighted by Gasteiger charge is -2.25. The van der Waals surface area contributed by atoms with Gasteiger partial charge >= 0.3 is 0 Å². The van der Waals surface area contributed by atoms with Crippen molar-refractivity contribution in [2.75, 3.05) is 19.3 Å². The molecule has 1 N–H and O–H groups in total. The minimum Gasteiger partial charge on any atom is -0.354 e. The minimum atomic E-state index is -3.54. The second kappa shape index (κ2) is 7.73. The standard InChI is InChI=1S/C21H22N2O3S2/c1-27-16-7-5-15(6-8-16)21-19(14-24)18-13-17(9-10-20(18)22-21)28(25,26)23-11-3-2-4-12-23/h5-10,13-14,22H,2-4,11-12H2,1H3. The molecule has 0 amide bonds. The molecular weight excluding hydrogens is 392 g/mol. The molecule has 4 rings (SSSR count). The van der Waals surface area contributed by atoms with Crippen molar-refractivity contribution in [1.82, 2.24) is 9.29 Å². The lowest BCUT2D eigenvalue weighted by atomic mass is 10.1. The largest absolute Gasteiger partial charge is 0.354 e. The lowest BCUT2D eigenvalue weighted by Crippen LogP contribution is -2.35. The van der Waals surface area contributed by atoms with Crippen LogP contribution in [0.3, 0.4) is 0 Å². The van der Waals surface area contributed by atoms with E-state index in [1.807, 2.05) is 30.5 Å². The highest BCUT2D eigenvalue weighted by Gasteiger charge is 2.26. The van der Waals surface area contributed by atoms with Crippen molar-refractivity contribution in [2.24, 2.45) is 0 Å². The van der Waals surface area contributed by atoms with E-state index in [-0.39, 0.29) is 4.90 Å². The molecule has 7 heteroatoms. The Morgan fingerprint density at radius 3 is 2.39 bits per heavy atom. The fraction of sp³-hybridized carbons (Fsp3) is 0.286. The van der Waals surface area contributed by atoms with Gasteiger partial charge in [0.05, 0.1) is 10.6 Å². The first-order valence-corrected chi connectivity index (χ1v) is 12.0. The van der Waals surface area contributed by atoms with Gasteiger partial charge in [-0.25, -0.2) is 8.42 Å². The summed E-state index contributed by atoms with van der Waals surface area (Å²) in [5, 5.41) is 0.636. The average Bonchev–Trinajstić information content (AvgIpc) is 3.12. The molecule has 1 aliphatic rings. The SMILES string of the molecule is CSc1ccc(-c2[nH]c3ccc(S(=O)(=O)N4CCCCC4)cc3c2C=O)cc1. The van der Waals surface area contributed by atoms with Gasteiger partial charge in [-0.1, -0.05) is 18.6 Å². The van der Waals surface area contributed by atoms with Crippen molar-refractivity contribution < 1.29 is 13.2 Å². The van der Waals surface area contributed by atoms with E-state index in [4.69, 9.17) is 0 Å². The zero-order chi connectivity index (χ0) is 19.7. The number of sulfonamides is 1. The Kier molecular flexibility index (Phi) is 5.31. The summed E-state index contributed by atoms with van der Waals surface area (Å²) in [5.41, 5.74) is 2.85. The molecule has 3 aromatic rings. The zero-order valence-corrected chi connectivity index (χ0v) is 17.3. The second-order valence-electron chi connectivity index (χ2n) is 6.93. The van der Waals surface area contributed by atoms with E-state index in [0.717, 1.165) is 41.5 Å². The molecule has 1 aliphatic heterocycles. The molecule has 0 aliphatic carbocycles. The highest BCUT2D eigenvalue weighted by atomic mass is 32.2. The Hall–Kier alpha value is -2.09. The Bertz CT molecular complexity index is 1110. The van der Waals surface area contributed by atoms with E-state index < -0.39 is 10.0 Å². The van der Waals surface area contributed by atoms with Gasteiger partial charge in [0.25, 0.3) is 0 Å². The predicted octanol–water partition coefficient (Wildman–Crippen LogP) is 4.54. The first-order valence-electron chi connectivity index (χ1n) is 9.30. The van der Waals surface area contributed by atoms with E-state index in [2.05, 4.69) is 4.98 Å². The first-order chi connectivity index (χ1) is 13.5. The van der Waals surface area contributed by atoms with Crippen molar-refractivity contribution in [2.45, 2.75) is 29.1 Å². The molecule has 146 valence electrons. The van der Waals surface area contributed by atoms with Gasteiger partial charge in [-0.3, -0.25) is 4.79 Å². The van der Waals surface area contributed by atoms with Crippen molar-refractivity contribution in [3.8, 4) is 11.3 Å². The van der Waals surface area contributed by atoms with Gasteiger partial charge in [0.15, 0.2) is 6.29 Å². The maximum atomic E-state index is 13.0. The summed E-state index contributed by atoms with van der Waals surface area (Å²) < 4.78 is 27.6. The second-order valence-corrected chi connectivity index (χ2v) is 9.75. The Morgan fingerprint density at radius 2 is 1.75 bits per heavy atom. The van der Waals surface area contributed by atoms with Gasteiger partial charge in [-0.05, 0) is 55.0 Å². The number of carbonyl (C=O) groups is 1. The van der Waals surface area contributed by atoms with Crippen molar-refractivity contribution in [1.29, 1.82) is 0 Å². The number of piperidine rings is 1. The lowest BCUT2D eigenvalue weighted by molar-refractivity contribution is 0.112. The number of aromatic nitrogens is 1. The van der Waals surface area contributed by atoms with Crippen LogP contribution in [0.2, 0.25) is 0 Å². The van der Waals surface area contributed by atoms with Crippen LogP contribution in [-0.2, 0) is 10.0 Å². The molecule has 0 saturated carbocycles. The molecule has 1 saturated heterocycles. The Balaban J connectivity index is 1.80. The number of fused-ring (bicyclic) bond motifs is 1. The van der Waals surface area contributed by atoms with Crippen molar-refractivity contribution in [3.05, 3.63) is 48.0 Å². The van der Waals surface area contributed by atoms with Crippen LogP contribution in [0.1, 0.15) is 29.6 Å². The maximum Gasteiger partial charge on any atom is 0.243 e. The average molecular weight is 415 g/mol. The number of aldehydes is 1. The van der Waals surface area contributed by atoms with Crippen LogP contribution in [0.25, 0.3) is 22.2 Å². The molecule has 28 heavy (non-hydrogen) atoms. The van der Waals surface area contributed by atoms with Crippen LogP contribution in [-0.4, -0.2) is 43.3 Å². The number of rotatable bonds is 5. The fourth-order valence-corrected chi connectivity index (χ4v) is 5.67.